The van der Waals surface area contributed by atoms with Crippen LogP contribution in [0.2, 0.25) is 5.02 Å². The van der Waals surface area contributed by atoms with Crippen molar-refractivity contribution in [1.29, 1.82) is 0 Å². The average molecular weight is 256 g/mol. The van der Waals surface area contributed by atoms with Crippen LogP contribution in [0.25, 0.3) is 0 Å². The predicted octanol–water partition coefficient (Wildman–Crippen LogP) is 2.56. The number of nitrogens with zero attached hydrogens (tertiary/aromatic N) is 2. The first kappa shape index (κ1) is 12.2. The SMILES string of the molecule is CCCN1C(N)=NCC1c1ccc(F)cc1Cl. The molecule has 1 heterocycles. The van der Waals surface area contributed by atoms with Crippen LogP contribution in [0, 0.1) is 5.82 Å². The molecule has 0 aliphatic carbocycles. The van der Waals surface area contributed by atoms with Crippen LogP contribution in [-0.2, 0) is 0 Å². The number of hydrogen-bond acceptors (Lipinski definition) is 3. The van der Waals surface area contributed by atoms with Crippen LogP contribution >= 0.6 is 11.6 Å². The summed E-state index contributed by atoms with van der Waals surface area (Å²) in [5, 5.41) is 0.431. The maximum Gasteiger partial charge on any atom is 0.191 e. The Morgan fingerprint density at radius 1 is 1.59 bits per heavy atom. The average Bonchev–Trinajstić information content (AvgIpc) is 2.62. The smallest absolute Gasteiger partial charge is 0.191 e. The molecule has 17 heavy (non-hydrogen) atoms. The Bertz CT molecular complexity index is 447. The molecule has 2 rings (SSSR count). The number of guanidine groups is 1. The summed E-state index contributed by atoms with van der Waals surface area (Å²) < 4.78 is 13.0. The fourth-order valence-electron chi connectivity index (χ4n) is 2.08. The van der Waals surface area contributed by atoms with Crippen molar-refractivity contribution in [3.8, 4) is 0 Å². The van der Waals surface area contributed by atoms with Crippen molar-refractivity contribution in [2.75, 3.05) is 13.1 Å². The third-order valence-electron chi connectivity index (χ3n) is 2.88. The molecule has 1 aliphatic rings. The molecular weight excluding hydrogens is 241 g/mol. The van der Waals surface area contributed by atoms with Crippen molar-refractivity contribution in [2.45, 2.75) is 19.4 Å². The van der Waals surface area contributed by atoms with E-state index in [1.165, 1.54) is 12.1 Å². The Morgan fingerprint density at radius 3 is 3.00 bits per heavy atom. The molecule has 0 amide bonds. The minimum atomic E-state index is -0.326. The van der Waals surface area contributed by atoms with Gasteiger partial charge in [-0.15, -0.1) is 0 Å². The first-order chi connectivity index (χ1) is 8.13. The highest BCUT2D eigenvalue weighted by Crippen LogP contribution is 2.31. The first-order valence-electron chi connectivity index (χ1n) is 5.65. The number of aliphatic imine (C=N–C) groups is 1. The van der Waals surface area contributed by atoms with Gasteiger partial charge in [-0.3, -0.25) is 4.99 Å². The molecule has 1 atom stereocenters. The molecule has 5 heteroatoms. The second-order valence-electron chi connectivity index (χ2n) is 4.07. The van der Waals surface area contributed by atoms with Crippen LogP contribution in [0.5, 0.6) is 0 Å². The lowest BCUT2D eigenvalue weighted by molar-refractivity contribution is 0.347. The summed E-state index contributed by atoms with van der Waals surface area (Å²) in [6, 6.07) is 4.48. The van der Waals surface area contributed by atoms with Crippen LogP contribution in [0.1, 0.15) is 24.9 Å². The highest BCUT2D eigenvalue weighted by atomic mass is 35.5. The van der Waals surface area contributed by atoms with Gasteiger partial charge in [0.1, 0.15) is 5.82 Å². The number of rotatable bonds is 3. The Labute approximate surface area is 105 Å². The minimum absolute atomic E-state index is 0.0306. The van der Waals surface area contributed by atoms with Crippen molar-refractivity contribution < 1.29 is 4.39 Å². The van der Waals surface area contributed by atoms with E-state index in [1.54, 1.807) is 6.07 Å². The predicted molar refractivity (Wildman–Crippen MR) is 67.6 cm³/mol. The fourth-order valence-corrected chi connectivity index (χ4v) is 2.37. The molecule has 0 aromatic heterocycles. The van der Waals surface area contributed by atoms with E-state index in [0.717, 1.165) is 18.5 Å². The molecule has 1 unspecified atom stereocenters. The lowest BCUT2D eigenvalue weighted by atomic mass is 10.1. The number of nitrogens with two attached hydrogens (primary N) is 1. The highest BCUT2D eigenvalue weighted by Gasteiger charge is 2.28. The molecule has 0 radical (unpaired) electrons. The summed E-state index contributed by atoms with van der Waals surface area (Å²) in [5.41, 5.74) is 6.71. The van der Waals surface area contributed by atoms with Crippen molar-refractivity contribution in [3.05, 3.63) is 34.6 Å². The van der Waals surface area contributed by atoms with Crippen molar-refractivity contribution in [1.82, 2.24) is 4.90 Å². The van der Waals surface area contributed by atoms with E-state index in [2.05, 4.69) is 11.9 Å². The molecule has 1 aromatic rings. The number of benzene rings is 1. The van der Waals surface area contributed by atoms with Gasteiger partial charge in [-0.2, -0.15) is 0 Å². The summed E-state index contributed by atoms with van der Waals surface area (Å²) in [7, 11) is 0. The van der Waals surface area contributed by atoms with Crippen LogP contribution in [0.3, 0.4) is 0 Å². The Kier molecular flexibility index (Phi) is 3.52. The van der Waals surface area contributed by atoms with E-state index in [-0.39, 0.29) is 11.9 Å². The van der Waals surface area contributed by atoms with Gasteiger partial charge in [0, 0.05) is 11.6 Å². The molecular formula is C12H15ClFN3. The summed E-state index contributed by atoms with van der Waals surface area (Å²) in [6.07, 6.45) is 0.978. The maximum absolute atomic E-state index is 13.0. The largest absolute Gasteiger partial charge is 0.370 e. The first-order valence-corrected chi connectivity index (χ1v) is 6.02. The van der Waals surface area contributed by atoms with E-state index in [9.17, 15) is 4.39 Å². The van der Waals surface area contributed by atoms with E-state index in [0.29, 0.717) is 17.5 Å². The highest BCUT2D eigenvalue weighted by molar-refractivity contribution is 6.31. The van der Waals surface area contributed by atoms with Crippen LogP contribution in [-0.4, -0.2) is 23.9 Å². The molecule has 1 aromatic carbocycles. The monoisotopic (exact) mass is 255 g/mol. The molecule has 3 nitrogen and oxygen atoms in total. The molecule has 92 valence electrons. The maximum atomic E-state index is 13.0. The summed E-state index contributed by atoms with van der Waals surface area (Å²) in [5.74, 6) is 0.213. The second kappa shape index (κ2) is 4.92. The van der Waals surface area contributed by atoms with Gasteiger partial charge in [-0.25, -0.2) is 4.39 Å². The lowest BCUT2D eigenvalue weighted by Crippen LogP contribution is -2.36. The standard InChI is InChI=1S/C12H15ClFN3/c1-2-5-17-11(7-16-12(17)15)9-4-3-8(14)6-10(9)13/h3-4,6,11H,2,5,7H2,1H3,(H2,15,16). The topological polar surface area (TPSA) is 41.6 Å². The molecule has 0 bridgehead atoms. The van der Waals surface area contributed by atoms with Gasteiger partial charge in [0.05, 0.1) is 12.6 Å². The van der Waals surface area contributed by atoms with Gasteiger partial charge in [0.2, 0.25) is 0 Å². The lowest BCUT2D eigenvalue weighted by Gasteiger charge is -2.26. The van der Waals surface area contributed by atoms with Gasteiger partial charge >= 0.3 is 0 Å². The summed E-state index contributed by atoms with van der Waals surface area (Å²) >= 11 is 6.06. The van der Waals surface area contributed by atoms with Crippen LogP contribution < -0.4 is 5.73 Å². The van der Waals surface area contributed by atoms with E-state index >= 15 is 0 Å². The van der Waals surface area contributed by atoms with E-state index in [1.807, 2.05) is 4.90 Å². The minimum Gasteiger partial charge on any atom is -0.370 e. The van der Waals surface area contributed by atoms with Crippen LogP contribution in [0.15, 0.2) is 23.2 Å². The molecule has 1 aliphatic heterocycles. The quantitative estimate of drug-likeness (QED) is 0.902. The van der Waals surface area contributed by atoms with Gasteiger partial charge in [-0.1, -0.05) is 24.6 Å². The van der Waals surface area contributed by atoms with Gasteiger partial charge < -0.3 is 10.6 Å². The van der Waals surface area contributed by atoms with E-state index in [4.69, 9.17) is 17.3 Å². The zero-order valence-corrected chi connectivity index (χ0v) is 10.4. The molecule has 2 N–H and O–H groups in total. The van der Waals surface area contributed by atoms with Gasteiger partial charge in [-0.05, 0) is 24.1 Å². The summed E-state index contributed by atoms with van der Waals surface area (Å²) in [6.45, 7) is 3.49. The third-order valence-corrected chi connectivity index (χ3v) is 3.21. The Balaban J connectivity index is 2.28. The molecule has 0 spiro atoms. The van der Waals surface area contributed by atoms with Gasteiger partial charge in [0.25, 0.3) is 0 Å². The van der Waals surface area contributed by atoms with Crippen molar-refractivity contribution in [2.24, 2.45) is 10.7 Å². The summed E-state index contributed by atoms with van der Waals surface area (Å²) in [4.78, 5) is 6.24. The number of halogens is 2. The molecule has 0 saturated heterocycles. The molecule has 0 saturated carbocycles. The number of hydrogen-bond donors (Lipinski definition) is 1. The molecule has 0 fully saturated rings. The zero-order chi connectivity index (χ0) is 12.4. The Morgan fingerprint density at radius 2 is 2.35 bits per heavy atom. The van der Waals surface area contributed by atoms with Gasteiger partial charge in [0.15, 0.2) is 5.96 Å². The normalized spacial score (nSPS) is 19.6. The fraction of sp³-hybridized carbons (Fsp3) is 0.417. The third kappa shape index (κ3) is 2.36. The van der Waals surface area contributed by atoms with Crippen molar-refractivity contribution >= 4 is 17.6 Å². The zero-order valence-electron chi connectivity index (χ0n) is 9.66. The van der Waals surface area contributed by atoms with E-state index < -0.39 is 0 Å². The Hall–Kier alpha value is -1.29. The van der Waals surface area contributed by atoms with Crippen LogP contribution in [0.4, 0.5) is 4.39 Å². The van der Waals surface area contributed by atoms with Crippen molar-refractivity contribution in [3.63, 3.8) is 0 Å². The second-order valence-corrected chi connectivity index (χ2v) is 4.48.